The number of carbonyl (C=O) groups is 1. The number of rotatable bonds is 1. The number of carbonyl (C=O) groups excluding carboxylic acids is 1. The van der Waals surface area contributed by atoms with Crippen LogP contribution in [-0.2, 0) is 4.79 Å². The Morgan fingerprint density at radius 1 is 1.42 bits per heavy atom. The number of nitrogens with one attached hydrogen (secondary N) is 1. The minimum atomic E-state index is 0.403. The summed E-state index contributed by atoms with van der Waals surface area (Å²) in [6.07, 6.45) is 3.88. The lowest BCUT2D eigenvalue weighted by atomic mass is 10.5. The van der Waals surface area contributed by atoms with Crippen LogP contribution < -0.4 is 11.3 Å². The molecule has 0 atom stereocenters. The number of aromatic nitrogens is 1. The van der Waals surface area contributed by atoms with Crippen LogP contribution in [0.1, 0.15) is 0 Å². The smallest absolute Gasteiger partial charge is 0.221 e. The number of nitrogens with zero attached hydrogens (tertiary/aromatic N) is 1. The Kier molecular flexibility index (Phi) is 6.93. The monoisotopic (exact) mass is 295 g/mol. The third-order valence-corrected chi connectivity index (χ3v) is 1.61. The number of amides is 1. The first-order valence-electron chi connectivity index (χ1n) is 2.86. The maximum Gasteiger partial charge on any atom is 0.221 e. The standard InChI is InChI=1S/C5H3Br2N.CH4N2O/c6-4-1-5(7)3-8-2-4;2-3-1-4/h1-3H;1H,2H2,(H,3,4). The topological polar surface area (TPSA) is 68.0 Å². The summed E-state index contributed by atoms with van der Waals surface area (Å²) in [5.74, 6) is 4.41. The van der Waals surface area contributed by atoms with Crippen molar-refractivity contribution in [3.8, 4) is 0 Å². The van der Waals surface area contributed by atoms with Crippen molar-refractivity contribution in [2.24, 2.45) is 5.84 Å². The Morgan fingerprint density at radius 3 is 2.00 bits per heavy atom. The van der Waals surface area contributed by atoms with E-state index < -0.39 is 0 Å². The van der Waals surface area contributed by atoms with Crippen molar-refractivity contribution in [3.05, 3.63) is 27.4 Å². The molecule has 1 rings (SSSR count). The summed E-state index contributed by atoms with van der Waals surface area (Å²) in [6.45, 7) is 0. The molecule has 1 heterocycles. The van der Waals surface area contributed by atoms with Gasteiger partial charge in [-0.2, -0.15) is 0 Å². The molecule has 0 fully saturated rings. The molecule has 4 nitrogen and oxygen atoms in total. The van der Waals surface area contributed by atoms with Gasteiger partial charge in [-0.05, 0) is 37.9 Å². The molecule has 3 N–H and O–H groups in total. The predicted molar refractivity (Wildman–Crippen MR) is 53.0 cm³/mol. The molecule has 0 spiro atoms. The number of hydrazine groups is 1. The zero-order valence-electron chi connectivity index (χ0n) is 6.00. The van der Waals surface area contributed by atoms with E-state index in [4.69, 9.17) is 4.79 Å². The van der Waals surface area contributed by atoms with Gasteiger partial charge in [0.15, 0.2) is 0 Å². The van der Waals surface area contributed by atoms with Crippen molar-refractivity contribution < 1.29 is 4.79 Å². The molecule has 1 aromatic heterocycles. The second-order valence-electron chi connectivity index (χ2n) is 1.61. The summed E-state index contributed by atoms with van der Waals surface area (Å²) in [7, 11) is 0. The van der Waals surface area contributed by atoms with Crippen LogP contribution in [0, 0.1) is 0 Å². The maximum atomic E-state index is 8.94. The van der Waals surface area contributed by atoms with Gasteiger partial charge in [0.1, 0.15) is 0 Å². The summed E-state index contributed by atoms with van der Waals surface area (Å²) < 4.78 is 1.98. The van der Waals surface area contributed by atoms with Crippen LogP contribution in [0.2, 0.25) is 0 Å². The highest BCUT2D eigenvalue weighted by molar-refractivity contribution is 9.11. The van der Waals surface area contributed by atoms with Gasteiger partial charge in [-0.15, -0.1) is 0 Å². The number of nitrogens with two attached hydrogens (primary N) is 1. The molecule has 0 aliphatic rings. The number of hydrogen-bond acceptors (Lipinski definition) is 3. The molecular weight excluding hydrogens is 290 g/mol. The van der Waals surface area contributed by atoms with E-state index >= 15 is 0 Å². The van der Waals surface area contributed by atoms with Gasteiger partial charge in [-0.25, -0.2) is 5.84 Å². The lowest BCUT2D eigenvalue weighted by molar-refractivity contribution is -0.109. The summed E-state index contributed by atoms with van der Waals surface area (Å²) in [4.78, 5) is 12.8. The fraction of sp³-hybridized carbons (Fsp3) is 0. The molecule has 0 aromatic carbocycles. The van der Waals surface area contributed by atoms with E-state index in [9.17, 15) is 0 Å². The third-order valence-electron chi connectivity index (χ3n) is 0.740. The fourth-order valence-electron chi connectivity index (χ4n) is 0.386. The van der Waals surface area contributed by atoms with Crippen LogP contribution in [0.5, 0.6) is 0 Å². The van der Waals surface area contributed by atoms with E-state index in [0.29, 0.717) is 6.41 Å². The summed E-state index contributed by atoms with van der Waals surface area (Å²) in [5.41, 5.74) is 1.75. The van der Waals surface area contributed by atoms with Gasteiger partial charge in [0.2, 0.25) is 6.41 Å². The second kappa shape index (κ2) is 7.20. The molecule has 0 aliphatic carbocycles. The van der Waals surface area contributed by atoms with Gasteiger partial charge >= 0.3 is 0 Å². The number of pyridine rings is 1. The molecule has 0 saturated heterocycles. The van der Waals surface area contributed by atoms with E-state index in [1.54, 1.807) is 17.8 Å². The van der Waals surface area contributed by atoms with Gasteiger partial charge in [0.25, 0.3) is 0 Å². The maximum absolute atomic E-state index is 8.94. The van der Waals surface area contributed by atoms with Crippen molar-refractivity contribution in [3.63, 3.8) is 0 Å². The van der Waals surface area contributed by atoms with Crippen LogP contribution >= 0.6 is 31.9 Å². The van der Waals surface area contributed by atoms with Crippen LogP contribution in [0.4, 0.5) is 0 Å². The molecule has 0 aliphatic heterocycles. The highest BCUT2D eigenvalue weighted by atomic mass is 79.9. The SMILES string of the molecule is Brc1cncc(Br)c1.NNC=O. The van der Waals surface area contributed by atoms with Gasteiger partial charge in [0, 0.05) is 21.3 Å². The van der Waals surface area contributed by atoms with Crippen molar-refractivity contribution in [2.75, 3.05) is 0 Å². The predicted octanol–water partition coefficient (Wildman–Crippen LogP) is 1.21. The zero-order valence-corrected chi connectivity index (χ0v) is 9.17. The van der Waals surface area contributed by atoms with Gasteiger partial charge < -0.3 is 0 Å². The molecule has 1 amide bonds. The van der Waals surface area contributed by atoms with Crippen molar-refractivity contribution in [1.82, 2.24) is 10.4 Å². The Hall–Kier alpha value is -0.460. The van der Waals surface area contributed by atoms with E-state index in [1.165, 1.54) is 0 Å². The molecule has 1 aromatic rings. The lowest BCUT2D eigenvalue weighted by Crippen LogP contribution is -2.18. The highest BCUT2D eigenvalue weighted by Gasteiger charge is 1.85. The first-order chi connectivity index (χ1) is 5.70. The highest BCUT2D eigenvalue weighted by Crippen LogP contribution is 2.13. The normalized spacial score (nSPS) is 7.92. The first-order valence-corrected chi connectivity index (χ1v) is 4.45. The van der Waals surface area contributed by atoms with Crippen LogP contribution in [0.3, 0.4) is 0 Å². The first kappa shape index (κ1) is 11.5. The fourth-order valence-corrected chi connectivity index (χ4v) is 1.42. The van der Waals surface area contributed by atoms with Gasteiger partial charge in [0.05, 0.1) is 0 Å². The largest absolute Gasteiger partial charge is 0.297 e. The number of halogens is 2. The number of hydrogen-bond donors (Lipinski definition) is 2. The summed E-state index contributed by atoms with van der Waals surface area (Å²) in [5, 5.41) is 0. The van der Waals surface area contributed by atoms with E-state index in [2.05, 4.69) is 42.7 Å². The van der Waals surface area contributed by atoms with Crippen LogP contribution in [0.15, 0.2) is 27.4 Å². The Bertz CT molecular complexity index is 227. The van der Waals surface area contributed by atoms with Crippen LogP contribution in [0.25, 0.3) is 0 Å². The van der Waals surface area contributed by atoms with Crippen molar-refractivity contribution >= 4 is 38.3 Å². The summed E-state index contributed by atoms with van der Waals surface area (Å²) in [6, 6.07) is 1.94. The molecule has 0 saturated carbocycles. The van der Waals surface area contributed by atoms with E-state index in [0.717, 1.165) is 8.95 Å². The Labute approximate surface area is 86.8 Å². The second-order valence-corrected chi connectivity index (χ2v) is 3.44. The molecule has 66 valence electrons. The van der Waals surface area contributed by atoms with E-state index in [1.807, 2.05) is 6.07 Å². The molecule has 0 bridgehead atoms. The minimum Gasteiger partial charge on any atom is -0.297 e. The molecule has 0 unspecified atom stereocenters. The molecule has 0 radical (unpaired) electrons. The van der Waals surface area contributed by atoms with Crippen molar-refractivity contribution in [1.29, 1.82) is 0 Å². The quantitative estimate of drug-likeness (QED) is 0.354. The average Bonchev–Trinajstić information content (AvgIpc) is 2.04. The lowest BCUT2D eigenvalue weighted by Gasteiger charge is -1.86. The Morgan fingerprint density at radius 2 is 1.83 bits per heavy atom. The average molecular weight is 297 g/mol. The van der Waals surface area contributed by atoms with Gasteiger partial charge in [-0.3, -0.25) is 15.2 Å². The molecule has 12 heavy (non-hydrogen) atoms. The molecule has 6 heteroatoms. The van der Waals surface area contributed by atoms with E-state index in [-0.39, 0.29) is 0 Å². The third kappa shape index (κ3) is 6.26. The van der Waals surface area contributed by atoms with Crippen LogP contribution in [-0.4, -0.2) is 11.4 Å². The molecular formula is C6H7Br2N3O. The zero-order chi connectivity index (χ0) is 9.40. The Balaban J connectivity index is 0.000000261. The minimum absolute atomic E-state index is 0.403. The summed E-state index contributed by atoms with van der Waals surface area (Å²) >= 11 is 6.54. The van der Waals surface area contributed by atoms with Gasteiger partial charge in [-0.1, -0.05) is 0 Å². The van der Waals surface area contributed by atoms with Crippen molar-refractivity contribution in [2.45, 2.75) is 0 Å².